The number of hydrogen-bond donors (Lipinski definition) is 1. The van der Waals surface area contributed by atoms with Gasteiger partial charge in [-0.1, -0.05) is 18.7 Å². The summed E-state index contributed by atoms with van der Waals surface area (Å²) in [5.74, 6) is 1.82. The van der Waals surface area contributed by atoms with Crippen molar-refractivity contribution in [3.05, 3.63) is 30.0 Å². The van der Waals surface area contributed by atoms with Crippen molar-refractivity contribution in [2.45, 2.75) is 35.9 Å². The molecule has 0 aliphatic rings. The number of aromatic nitrogens is 2. The molecule has 2 aromatic rings. The lowest BCUT2D eigenvalue weighted by molar-refractivity contribution is 0.454. The highest BCUT2D eigenvalue weighted by Crippen LogP contribution is 2.38. The van der Waals surface area contributed by atoms with Crippen LogP contribution in [0, 0.1) is 6.92 Å². The Kier molecular flexibility index (Phi) is 4.20. The first-order valence-corrected chi connectivity index (χ1v) is 7.11. The lowest BCUT2D eigenvalue weighted by Crippen LogP contribution is -2.25. The Balaban J connectivity index is 2.19. The van der Waals surface area contributed by atoms with Gasteiger partial charge >= 0.3 is 0 Å². The van der Waals surface area contributed by atoms with Gasteiger partial charge in [0.25, 0.3) is 0 Å². The van der Waals surface area contributed by atoms with Gasteiger partial charge in [-0.3, -0.25) is 0 Å². The first-order valence-electron chi connectivity index (χ1n) is 5.46. The van der Waals surface area contributed by atoms with Crippen molar-refractivity contribution >= 4 is 23.3 Å². The summed E-state index contributed by atoms with van der Waals surface area (Å²) >= 11 is 3.01. The zero-order chi connectivity index (χ0) is 12.3. The maximum atomic E-state index is 6.15. The van der Waals surface area contributed by atoms with E-state index in [0.717, 1.165) is 22.3 Å². The Bertz CT molecular complexity index is 455. The highest BCUT2D eigenvalue weighted by Gasteiger charge is 2.24. The van der Waals surface area contributed by atoms with E-state index in [1.165, 1.54) is 11.5 Å². The molecule has 6 heteroatoms. The minimum Gasteiger partial charge on any atom is -0.465 e. The number of furan rings is 1. The van der Waals surface area contributed by atoms with E-state index in [1.54, 1.807) is 18.1 Å². The van der Waals surface area contributed by atoms with Gasteiger partial charge in [0.05, 0.1) is 5.25 Å². The summed E-state index contributed by atoms with van der Waals surface area (Å²) in [6, 6.07) is 4.00. The van der Waals surface area contributed by atoms with E-state index in [1.807, 2.05) is 19.1 Å². The van der Waals surface area contributed by atoms with Gasteiger partial charge in [0.15, 0.2) is 4.34 Å². The summed E-state index contributed by atoms with van der Waals surface area (Å²) in [7, 11) is 0. The van der Waals surface area contributed by atoms with E-state index in [2.05, 4.69) is 16.3 Å². The normalized spacial score (nSPS) is 14.8. The molecule has 0 amide bonds. The van der Waals surface area contributed by atoms with Crippen molar-refractivity contribution in [2.75, 3.05) is 0 Å². The van der Waals surface area contributed by atoms with Gasteiger partial charge in [0.2, 0.25) is 0 Å². The van der Waals surface area contributed by atoms with Crippen LogP contribution in [0.1, 0.15) is 30.1 Å². The zero-order valence-electron chi connectivity index (χ0n) is 9.79. The second-order valence-corrected chi connectivity index (χ2v) is 5.93. The third-order valence-corrected chi connectivity index (χ3v) is 4.59. The molecule has 0 radical (unpaired) electrons. The number of nitrogens with zero attached hydrogens (tertiary/aromatic N) is 2. The molecule has 4 nitrogen and oxygen atoms in total. The molecule has 2 heterocycles. The van der Waals surface area contributed by atoms with E-state index in [4.69, 9.17) is 10.2 Å². The molecule has 2 atom stereocenters. The Morgan fingerprint density at radius 3 is 2.88 bits per heavy atom. The molecule has 0 spiro atoms. The molecule has 0 saturated heterocycles. The molecule has 0 saturated carbocycles. The van der Waals surface area contributed by atoms with Crippen LogP contribution >= 0.6 is 23.3 Å². The second kappa shape index (κ2) is 5.66. The van der Waals surface area contributed by atoms with E-state index in [0.29, 0.717) is 0 Å². The molecular weight excluding hydrogens is 254 g/mol. The summed E-state index contributed by atoms with van der Waals surface area (Å²) in [4.78, 5) is 4.18. The van der Waals surface area contributed by atoms with Gasteiger partial charge in [0.1, 0.15) is 17.8 Å². The lowest BCUT2D eigenvalue weighted by atomic mass is 10.1. The molecule has 2 aromatic heterocycles. The van der Waals surface area contributed by atoms with Crippen LogP contribution in [0.25, 0.3) is 0 Å². The third-order valence-electron chi connectivity index (χ3n) is 2.47. The fraction of sp³-hybridized carbons (Fsp3) is 0.455. The van der Waals surface area contributed by atoms with Crippen molar-refractivity contribution in [2.24, 2.45) is 5.73 Å². The summed E-state index contributed by atoms with van der Waals surface area (Å²) in [5.41, 5.74) is 6.15. The maximum absolute atomic E-state index is 6.15. The average molecular weight is 269 g/mol. The van der Waals surface area contributed by atoms with Crippen LogP contribution in [0.5, 0.6) is 0 Å². The second-order valence-electron chi connectivity index (χ2n) is 3.77. The van der Waals surface area contributed by atoms with Gasteiger partial charge in [-0.05, 0) is 37.0 Å². The fourth-order valence-electron chi connectivity index (χ4n) is 1.50. The Hall–Kier alpha value is -0.850. The van der Waals surface area contributed by atoms with E-state index in [-0.39, 0.29) is 11.3 Å². The lowest BCUT2D eigenvalue weighted by Gasteiger charge is -2.18. The average Bonchev–Trinajstić information content (AvgIpc) is 2.96. The molecule has 2 unspecified atom stereocenters. The van der Waals surface area contributed by atoms with Crippen LogP contribution in [0.2, 0.25) is 0 Å². The van der Waals surface area contributed by atoms with Crippen LogP contribution in [-0.2, 0) is 0 Å². The van der Waals surface area contributed by atoms with Crippen molar-refractivity contribution < 1.29 is 4.42 Å². The van der Waals surface area contributed by atoms with E-state index < -0.39 is 0 Å². The minimum absolute atomic E-state index is 0.0504. The molecule has 2 rings (SSSR count). The highest BCUT2D eigenvalue weighted by atomic mass is 32.2. The number of rotatable bonds is 5. The van der Waals surface area contributed by atoms with Crippen LogP contribution in [0.4, 0.5) is 0 Å². The smallest absolute Gasteiger partial charge is 0.170 e. The number of nitrogens with two attached hydrogens (primary N) is 1. The fourth-order valence-corrected chi connectivity index (χ4v) is 3.33. The topological polar surface area (TPSA) is 64.9 Å². The predicted molar refractivity (Wildman–Crippen MR) is 70.2 cm³/mol. The van der Waals surface area contributed by atoms with Crippen molar-refractivity contribution in [1.82, 2.24) is 9.36 Å². The first-order chi connectivity index (χ1) is 8.20. The predicted octanol–water partition coefficient (Wildman–Crippen LogP) is 3.01. The third kappa shape index (κ3) is 3.08. The Morgan fingerprint density at radius 1 is 1.53 bits per heavy atom. The van der Waals surface area contributed by atoms with Gasteiger partial charge in [-0.2, -0.15) is 4.37 Å². The highest BCUT2D eigenvalue weighted by molar-refractivity contribution is 8.01. The van der Waals surface area contributed by atoms with Crippen LogP contribution in [0.15, 0.2) is 27.2 Å². The van der Waals surface area contributed by atoms with Gasteiger partial charge in [0, 0.05) is 6.04 Å². The number of thioether (sulfide) groups is 1. The molecule has 0 bridgehead atoms. The molecule has 0 aliphatic carbocycles. The van der Waals surface area contributed by atoms with Crippen LogP contribution in [-0.4, -0.2) is 15.4 Å². The number of hydrogen-bond acceptors (Lipinski definition) is 6. The Labute approximate surface area is 109 Å². The summed E-state index contributed by atoms with van der Waals surface area (Å²) in [6.45, 7) is 4.02. The Morgan fingerprint density at radius 2 is 2.35 bits per heavy atom. The molecule has 17 heavy (non-hydrogen) atoms. The molecule has 2 N–H and O–H groups in total. The SMILES string of the molecule is CCC(N)C(Sc1ncns1)c1ccc(C)o1. The maximum Gasteiger partial charge on any atom is 0.170 e. The van der Waals surface area contributed by atoms with Gasteiger partial charge in [-0.25, -0.2) is 4.98 Å². The van der Waals surface area contributed by atoms with Gasteiger partial charge in [-0.15, -0.1) is 0 Å². The molecule has 0 fully saturated rings. The summed E-state index contributed by atoms with van der Waals surface area (Å²) in [6.07, 6.45) is 2.46. The van der Waals surface area contributed by atoms with Crippen molar-refractivity contribution in [3.8, 4) is 0 Å². The standard InChI is InChI=1S/C11H15N3OS2/c1-3-8(12)10(9-5-4-7(2)15-9)16-11-13-6-14-17-11/h4-6,8,10H,3,12H2,1-2H3. The first kappa shape index (κ1) is 12.6. The van der Waals surface area contributed by atoms with E-state index >= 15 is 0 Å². The molecular formula is C11H15N3OS2. The minimum atomic E-state index is 0.0504. The molecule has 0 aromatic carbocycles. The monoisotopic (exact) mass is 269 g/mol. The van der Waals surface area contributed by atoms with Crippen LogP contribution < -0.4 is 5.73 Å². The van der Waals surface area contributed by atoms with Crippen molar-refractivity contribution in [3.63, 3.8) is 0 Å². The summed E-state index contributed by atoms with van der Waals surface area (Å²) in [5, 5.41) is 0.0987. The number of aryl methyl sites for hydroxylation is 1. The molecule has 92 valence electrons. The zero-order valence-corrected chi connectivity index (χ0v) is 11.4. The van der Waals surface area contributed by atoms with Crippen molar-refractivity contribution in [1.29, 1.82) is 0 Å². The quantitative estimate of drug-likeness (QED) is 0.845. The van der Waals surface area contributed by atoms with Gasteiger partial charge < -0.3 is 10.2 Å². The van der Waals surface area contributed by atoms with Crippen LogP contribution in [0.3, 0.4) is 0 Å². The summed E-state index contributed by atoms with van der Waals surface area (Å²) < 4.78 is 10.6. The molecule has 0 aliphatic heterocycles. The largest absolute Gasteiger partial charge is 0.465 e. The van der Waals surface area contributed by atoms with E-state index in [9.17, 15) is 0 Å².